The van der Waals surface area contributed by atoms with Gasteiger partial charge in [0.2, 0.25) is 17.7 Å². The van der Waals surface area contributed by atoms with Crippen molar-refractivity contribution < 1.29 is 18.7 Å². The lowest BCUT2D eigenvalue weighted by Gasteiger charge is -2.32. The standard InChI is InChI=1S/C24H24FN5O3/c1-16(31)27-14-23(32)30-10-4-6-18(15-30)21-12-22(33-20-8-2-7-19(25)11-20)29-24(28-21)17-5-3-9-26-13-17/h2-3,5,7-9,11-13,18H,4,6,10,14-15H2,1H3,(H,27,31)/t18-/m1/s1. The van der Waals surface area contributed by atoms with Gasteiger partial charge in [-0.05, 0) is 37.1 Å². The Morgan fingerprint density at radius 1 is 1.21 bits per heavy atom. The smallest absolute Gasteiger partial charge is 0.241 e. The second-order valence-corrected chi connectivity index (χ2v) is 7.84. The lowest BCUT2D eigenvalue weighted by atomic mass is 9.94. The maximum atomic E-state index is 13.6. The van der Waals surface area contributed by atoms with Gasteiger partial charge >= 0.3 is 0 Å². The normalized spacial score (nSPS) is 15.7. The molecule has 1 aliphatic heterocycles. The minimum Gasteiger partial charge on any atom is -0.439 e. The van der Waals surface area contributed by atoms with E-state index in [0.717, 1.165) is 24.1 Å². The second-order valence-electron chi connectivity index (χ2n) is 7.84. The van der Waals surface area contributed by atoms with Crippen LogP contribution in [0.1, 0.15) is 31.4 Å². The summed E-state index contributed by atoms with van der Waals surface area (Å²) in [5, 5.41) is 2.56. The zero-order valence-electron chi connectivity index (χ0n) is 18.2. The Morgan fingerprint density at radius 3 is 2.85 bits per heavy atom. The molecule has 0 unspecified atom stereocenters. The number of pyridine rings is 1. The second kappa shape index (κ2) is 10.2. The molecule has 1 fully saturated rings. The molecular weight excluding hydrogens is 425 g/mol. The number of hydrogen-bond acceptors (Lipinski definition) is 6. The molecule has 0 saturated carbocycles. The number of aromatic nitrogens is 3. The predicted octanol–water partition coefficient (Wildman–Crippen LogP) is 3.31. The van der Waals surface area contributed by atoms with E-state index in [9.17, 15) is 14.0 Å². The minimum atomic E-state index is -0.408. The summed E-state index contributed by atoms with van der Waals surface area (Å²) in [7, 11) is 0. The third-order valence-electron chi connectivity index (χ3n) is 5.34. The summed E-state index contributed by atoms with van der Waals surface area (Å²) in [5.74, 6) is 0.233. The van der Waals surface area contributed by atoms with E-state index < -0.39 is 5.82 Å². The monoisotopic (exact) mass is 449 g/mol. The zero-order chi connectivity index (χ0) is 23.2. The maximum absolute atomic E-state index is 13.6. The Hall–Kier alpha value is -3.88. The molecule has 4 rings (SSSR count). The van der Waals surface area contributed by atoms with Gasteiger partial charge in [0.05, 0.1) is 12.2 Å². The molecule has 1 saturated heterocycles. The van der Waals surface area contributed by atoms with E-state index in [-0.39, 0.29) is 30.2 Å². The molecular formula is C24H24FN5O3. The molecule has 0 radical (unpaired) electrons. The number of nitrogens with zero attached hydrogens (tertiary/aromatic N) is 4. The van der Waals surface area contributed by atoms with E-state index >= 15 is 0 Å². The van der Waals surface area contributed by atoms with Crippen LogP contribution in [0.3, 0.4) is 0 Å². The molecule has 0 aliphatic carbocycles. The summed E-state index contributed by atoms with van der Waals surface area (Å²) >= 11 is 0. The summed E-state index contributed by atoms with van der Waals surface area (Å²) in [6.45, 7) is 2.46. The van der Waals surface area contributed by atoms with Crippen LogP contribution in [0.25, 0.3) is 11.4 Å². The highest BCUT2D eigenvalue weighted by Crippen LogP contribution is 2.31. The summed E-state index contributed by atoms with van der Waals surface area (Å²) in [5.41, 5.74) is 1.45. The van der Waals surface area contributed by atoms with Crippen molar-refractivity contribution in [3.63, 3.8) is 0 Å². The fourth-order valence-corrected chi connectivity index (χ4v) is 3.74. The van der Waals surface area contributed by atoms with Crippen LogP contribution >= 0.6 is 0 Å². The van der Waals surface area contributed by atoms with Gasteiger partial charge < -0.3 is 15.0 Å². The van der Waals surface area contributed by atoms with Crippen molar-refractivity contribution in [1.29, 1.82) is 0 Å². The van der Waals surface area contributed by atoms with E-state index in [1.807, 2.05) is 6.07 Å². The summed E-state index contributed by atoms with van der Waals surface area (Å²) in [6, 6.07) is 11.2. The van der Waals surface area contributed by atoms with Gasteiger partial charge in [0.25, 0.3) is 0 Å². The highest BCUT2D eigenvalue weighted by Gasteiger charge is 2.27. The van der Waals surface area contributed by atoms with Crippen LogP contribution in [0.4, 0.5) is 4.39 Å². The van der Waals surface area contributed by atoms with Gasteiger partial charge in [-0.2, -0.15) is 4.98 Å². The Balaban J connectivity index is 1.62. The van der Waals surface area contributed by atoms with Gasteiger partial charge in [0, 0.05) is 56.0 Å². The first-order valence-corrected chi connectivity index (χ1v) is 10.7. The molecule has 0 bridgehead atoms. The minimum absolute atomic E-state index is 0.0271. The van der Waals surface area contributed by atoms with Crippen molar-refractivity contribution in [2.24, 2.45) is 0 Å². The lowest BCUT2D eigenvalue weighted by Crippen LogP contribution is -2.44. The maximum Gasteiger partial charge on any atom is 0.241 e. The van der Waals surface area contributed by atoms with Crippen LogP contribution in [0, 0.1) is 5.82 Å². The molecule has 8 nitrogen and oxygen atoms in total. The summed E-state index contributed by atoms with van der Waals surface area (Å²) in [6.07, 6.45) is 4.97. The Kier molecular flexibility index (Phi) is 6.87. The van der Waals surface area contributed by atoms with Gasteiger partial charge in [-0.1, -0.05) is 6.07 Å². The quantitative estimate of drug-likeness (QED) is 0.620. The fourth-order valence-electron chi connectivity index (χ4n) is 3.74. The molecule has 1 N–H and O–H groups in total. The largest absolute Gasteiger partial charge is 0.439 e. The summed E-state index contributed by atoms with van der Waals surface area (Å²) in [4.78, 5) is 38.8. The number of ether oxygens (including phenoxy) is 1. The Labute approximate surface area is 190 Å². The average Bonchev–Trinajstić information content (AvgIpc) is 2.83. The molecule has 170 valence electrons. The van der Waals surface area contributed by atoms with E-state index in [0.29, 0.717) is 24.7 Å². The van der Waals surface area contributed by atoms with E-state index in [4.69, 9.17) is 9.72 Å². The molecule has 9 heteroatoms. The number of benzene rings is 1. The molecule has 3 aromatic rings. The first kappa shape index (κ1) is 22.3. The number of likely N-dealkylation sites (tertiary alicyclic amines) is 1. The SMILES string of the molecule is CC(=O)NCC(=O)N1CCC[C@@H](c2cc(Oc3cccc(F)c3)nc(-c3cccnc3)n2)C1. The molecule has 2 amide bonds. The fraction of sp³-hybridized carbons (Fsp3) is 0.292. The van der Waals surface area contributed by atoms with Gasteiger partial charge in [-0.3, -0.25) is 14.6 Å². The van der Waals surface area contributed by atoms with Crippen LogP contribution in [0.15, 0.2) is 54.9 Å². The Morgan fingerprint density at radius 2 is 2.09 bits per heavy atom. The molecule has 33 heavy (non-hydrogen) atoms. The Bertz CT molecular complexity index is 1140. The first-order valence-electron chi connectivity index (χ1n) is 10.7. The van der Waals surface area contributed by atoms with E-state index in [1.165, 1.54) is 19.1 Å². The number of carbonyl (C=O) groups excluding carboxylic acids is 2. The highest BCUT2D eigenvalue weighted by molar-refractivity contribution is 5.83. The van der Waals surface area contributed by atoms with Gasteiger partial charge in [0.1, 0.15) is 11.6 Å². The van der Waals surface area contributed by atoms with Crippen LogP contribution < -0.4 is 10.1 Å². The van der Waals surface area contributed by atoms with E-state index in [2.05, 4.69) is 15.3 Å². The number of hydrogen-bond donors (Lipinski definition) is 1. The molecule has 1 aliphatic rings. The number of halogens is 1. The van der Waals surface area contributed by atoms with Crippen molar-refractivity contribution >= 4 is 11.8 Å². The van der Waals surface area contributed by atoms with Crippen LogP contribution in [0.5, 0.6) is 11.6 Å². The third-order valence-corrected chi connectivity index (χ3v) is 5.34. The van der Waals surface area contributed by atoms with Crippen molar-refractivity contribution in [1.82, 2.24) is 25.2 Å². The number of rotatable bonds is 6. The first-order chi connectivity index (χ1) is 16.0. The molecule has 1 aromatic carbocycles. The number of nitrogens with one attached hydrogen (secondary N) is 1. The number of amides is 2. The van der Waals surface area contributed by atoms with Crippen molar-refractivity contribution in [2.45, 2.75) is 25.7 Å². The topological polar surface area (TPSA) is 97.3 Å². The summed E-state index contributed by atoms with van der Waals surface area (Å²) < 4.78 is 19.5. The van der Waals surface area contributed by atoms with Gasteiger partial charge in [-0.25, -0.2) is 9.37 Å². The van der Waals surface area contributed by atoms with Gasteiger partial charge in [0.15, 0.2) is 5.82 Å². The van der Waals surface area contributed by atoms with Crippen LogP contribution in [-0.4, -0.2) is 51.3 Å². The highest BCUT2D eigenvalue weighted by atomic mass is 19.1. The van der Waals surface area contributed by atoms with Crippen molar-refractivity contribution in [3.05, 3.63) is 66.4 Å². The zero-order valence-corrected chi connectivity index (χ0v) is 18.2. The molecule has 2 aromatic heterocycles. The van der Waals surface area contributed by atoms with Crippen LogP contribution in [0.2, 0.25) is 0 Å². The average molecular weight is 449 g/mol. The number of piperidine rings is 1. The predicted molar refractivity (Wildman–Crippen MR) is 119 cm³/mol. The van der Waals surface area contributed by atoms with Crippen LogP contribution in [-0.2, 0) is 9.59 Å². The molecule has 3 heterocycles. The van der Waals surface area contributed by atoms with E-state index in [1.54, 1.807) is 41.6 Å². The van der Waals surface area contributed by atoms with Crippen molar-refractivity contribution in [3.8, 4) is 23.0 Å². The number of carbonyl (C=O) groups is 2. The lowest BCUT2D eigenvalue weighted by molar-refractivity contribution is -0.133. The molecule has 0 spiro atoms. The van der Waals surface area contributed by atoms with Crippen molar-refractivity contribution in [2.75, 3.05) is 19.6 Å². The molecule has 1 atom stereocenters. The van der Waals surface area contributed by atoms with Gasteiger partial charge in [-0.15, -0.1) is 0 Å². The third kappa shape index (κ3) is 5.88.